The molecule has 0 radical (unpaired) electrons. The Hall–Kier alpha value is -0.360. The molecule has 0 aliphatic rings. The molecule has 2 nitrogen and oxygen atoms in total. The second kappa shape index (κ2) is 4.76. The van der Waals surface area contributed by atoms with Gasteiger partial charge in [-0.3, -0.25) is 0 Å². The monoisotopic (exact) mass is 312 g/mol. The lowest BCUT2D eigenvalue weighted by atomic mass is 10.3. The van der Waals surface area contributed by atoms with E-state index in [1.807, 2.05) is 22.6 Å². The van der Waals surface area contributed by atoms with E-state index >= 15 is 0 Å². The third-order valence-electron chi connectivity index (χ3n) is 1.31. The SMILES string of the molecule is NC(CCl)=Nc1ccc(F)c(I)c1. The van der Waals surface area contributed by atoms with Crippen LogP contribution in [0.4, 0.5) is 10.1 Å². The molecule has 1 rings (SSSR count). The summed E-state index contributed by atoms with van der Waals surface area (Å²) >= 11 is 7.33. The van der Waals surface area contributed by atoms with Crippen LogP contribution in [0.1, 0.15) is 0 Å². The van der Waals surface area contributed by atoms with Crippen LogP contribution in [-0.2, 0) is 0 Å². The number of halogens is 3. The first-order valence-electron chi connectivity index (χ1n) is 3.47. The van der Waals surface area contributed by atoms with Crippen LogP contribution in [0.15, 0.2) is 23.2 Å². The van der Waals surface area contributed by atoms with Gasteiger partial charge >= 0.3 is 0 Å². The molecule has 0 aliphatic heterocycles. The molecule has 13 heavy (non-hydrogen) atoms. The van der Waals surface area contributed by atoms with Crippen LogP contribution in [0, 0.1) is 9.39 Å². The van der Waals surface area contributed by atoms with Gasteiger partial charge in [0.05, 0.1) is 15.1 Å². The van der Waals surface area contributed by atoms with Gasteiger partial charge in [-0.2, -0.15) is 0 Å². The third-order valence-corrected chi connectivity index (χ3v) is 2.41. The smallest absolute Gasteiger partial charge is 0.136 e. The van der Waals surface area contributed by atoms with Crippen LogP contribution in [0.2, 0.25) is 0 Å². The molecule has 70 valence electrons. The van der Waals surface area contributed by atoms with Crippen LogP contribution in [0.25, 0.3) is 0 Å². The van der Waals surface area contributed by atoms with E-state index in [9.17, 15) is 4.39 Å². The lowest BCUT2D eigenvalue weighted by Gasteiger charge is -1.98. The first-order valence-corrected chi connectivity index (χ1v) is 5.09. The number of hydrogen-bond acceptors (Lipinski definition) is 1. The minimum Gasteiger partial charge on any atom is -0.386 e. The van der Waals surface area contributed by atoms with Gasteiger partial charge in [-0.15, -0.1) is 11.6 Å². The van der Waals surface area contributed by atoms with Crippen molar-refractivity contribution in [3.63, 3.8) is 0 Å². The molecule has 1 aromatic rings. The zero-order valence-corrected chi connectivity index (χ0v) is 9.51. The van der Waals surface area contributed by atoms with Gasteiger partial charge in [-0.25, -0.2) is 9.38 Å². The Morgan fingerprint density at radius 3 is 2.85 bits per heavy atom. The van der Waals surface area contributed by atoms with Crippen molar-refractivity contribution in [2.45, 2.75) is 0 Å². The van der Waals surface area contributed by atoms with Crippen LogP contribution < -0.4 is 5.73 Å². The van der Waals surface area contributed by atoms with Gasteiger partial charge in [0.2, 0.25) is 0 Å². The highest BCUT2D eigenvalue weighted by molar-refractivity contribution is 14.1. The number of amidine groups is 1. The van der Waals surface area contributed by atoms with Gasteiger partial charge in [0.1, 0.15) is 11.7 Å². The van der Waals surface area contributed by atoms with E-state index in [1.54, 1.807) is 12.1 Å². The van der Waals surface area contributed by atoms with Crippen molar-refractivity contribution >= 4 is 45.7 Å². The minimum atomic E-state index is -0.260. The molecule has 0 aliphatic carbocycles. The lowest BCUT2D eigenvalue weighted by Crippen LogP contribution is -2.12. The largest absolute Gasteiger partial charge is 0.386 e. The Morgan fingerprint density at radius 1 is 1.62 bits per heavy atom. The first-order chi connectivity index (χ1) is 6.13. The predicted octanol–water partition coefficient (Wildman–Crippen LogP) is 2.66. The zero-order valence-electron chi connectivity index (χ0n) is 6.60. The summed E-state index contributed by atoms with van der Waals surface area (Å²) in [5.41, 5.74) is 6.03. The van der Waals surface area contributed by atoms with Crippen molar-refractivity contribution in [3.05, 3.63) is 27.6 Å². The van der Waals surface area contributed by atoms with Gasteiger partial charge < -0.3 is 5.73 Å². The topological polar surface area (TPSA) is 38.4 Å². The number of nitrogens with two attached hydrogens (primary N) is 1. The molecule has 1 aromatic carbocycles. The summed E-state index contributed by atoms with van der Waals surface area (Å²) < 4.78 is 13.3. The van der Waals surface area contributed by atoms with E-state index in [1.165, 1.54) is 6.07 Å². The third kappa shape index (κ3) is 3.11. The molecule has 0 heterocycles. The summed E-state index contributed by atoms with van der Waals surface area (Å²) in [6.07, 6.45) is 0. The number of nitrogens with zero attached hydrogens (tertiary/aromatic N) is 1. The van der Waals surface area contributed by atoms with Crippen LogP contribution in [0.3, 0.4) is 0 Å². The highest BCUT2D eigenvalue weighted by Crippen LogP contribution is 2.18. The Labute approximate surface area is 94.1 Å². The van der Waals surface area contributed by atoms with Crippen LogP contribution in [-0.4, -0.2) is 11.7 Å². The number of hydrogen-bond donors (Lipinski definition) is 1. The molecule has 0 saturated carbocycles. The Balaban J connectivity index is 2.98. The van der Waals surface area contributed by atoms with E-state index in [4.69, 9.17) is 17.3 Å². The molecule has 0 atom stereocenters. The standard InChI is InChI=1S/C8H7ClFIN2/c9-4-8(12)13-5-1-2-6(10)7(11)3-5/h1-3H,4H2,(H2,12,13). The fourth-order valence-electron chi connectivity index (χ4n) is 0.750. The van der Waals surface area contributed by atoms with Crippen molar-refractivity contribution in [2.75, 3.05) is 5.88 Å². The maximum Gasteiger partial charge on any atom is 0.136 e. The summed E-state index contributed by atoms with van der Waals surface area (Å²) in [7, 11) is 0. The average Bonchev–Trinajstić information content (AvgIpc) is 2.11. The molecule has 2 N–H and O–H groups in total. The number of alkyl halides is 1. The molecule has 0 spiro atoms. The van der Waals surface area contributed by atoms with E-state index < -0.39 is 0 Å². The molecular formula is C8H7ClFIN2. The number of benzene rings is 1. The maximum absolute atomic E-state index is 12.8. The molecule has 0 bridgehead atoms. The predicted molar refractivity (Wildman–Crippen MR) is 61.1 cm³/mol. The van der Waals surface area contributed by atoms with Crippen molar-refractivity contribution in [1.82, 2.24) is 0 Å². The lowest BCUT2D eigenvalue weighted by molar-refractivity contribution is 0.620. The fraction of sp³-hybridized carbons (Fsp3) is 0.125. The molecule has 0 amide bonds. The van der Waals surface area contributed by atoms with Crippen LogP contribution >= 0.6 is 34.2 Å². The second-order valence-electron chi connectivity index (χ2n) is 2.34. The molecule has 0 unspecified atom stereocenters. The van der Waals surface area contributed by atoms with Crippen molar-refractivity contribution in [1.29, 1.82) is 0 Å². The average molecular weight is 313 g/mol. The molecule has 0 fully saturated rings. The normalized spacial score (nSPS) is 11.8. The summed E-state index contributed by atoms with van der Waals surface area (Å²) in [5, 5.41) is 0. The summed E-state index contributed by atoms with van der Waals surface area (Å²) in [6.45, 7) is 0. The Morgan fingerprint density at radius 2 is 2.31 bits per heavy atom. The summed E-state index contributed by atoms with van der Waals surface area (Å²) in [5.74, 6) is 0.238. The van der Waals surface area contributed by atoms with Gasteiger partial charge in [0.15, 0.2) is 0 Å². The van der Waals surface area contributed by atoms with Crippen molar-refractivity contribution < 1.29 is 4.39 Å². The van der Waals surface area contributed by atoms with Gasteiger partial charge in [-0.05, 0) is 40.8 Å². The Kier molecular flexibility index (Phi) is 3.92. The van der Waals surface area contributed by atoms with E-state index in [0.717, 1.165) is 0 Å². The maximum atomic E-state index is 12.8. The minimum absolute atomic E-state index is 0.175. The van der Waals surface area contributed by atoms with Gasteiger partial charge in [0, 0.05) is 0 Å². The number of aliphatic imine (C=N–C) groups is 1. The fourth-order valence-corrected chi connectivity index (χ4v) is 1.31. The van der Waals surface area contributed by atoms with E-state index in [2.05, 4.69) is 4.99 Å². The quantitative estimate of drug-likeness (QED) is 0.388. The molecule has 5 heteroatoms. The highest BCUT2D eigenvalue weighted by Gasteiger charge is 1.99. The second-order valence-corrected chi connectivity index (χ2v) is 3.76. The van der Waals surface area contributed by atoms with Crippen molar-refractivity contribution in [3.8, 4) is 0 Å². The highest BCUT2D eigenvalue weighted by atomic mass is 127. The number of rotatable bonds is 2. The first kappa shape index (κ1) is 10.7. The summed E-state index contributed by atoms with van der Waals surface area (Å²) in [6, 6.07) is 4.51. The Bertz CT molecular complexity index is 341. The van der Waals surface area contributed by atoms with Gasteiger partial charge in [0.25, 0.3) is 0 Å². The molecule has 0 aromatic heterocycles. The zero-order chi connectivity index (χ0) is 9.84. The molecular weight excluding hydrogens is 305 g/mol. The van der Waals surface area contributed by atoms with E-state index in [0.29, 0.717) is 15.1 Å². The molecule has 0 saturated heterocycles. The van der Waals surface area contributed by atoms with E-state index in [-0.39, 0.29) is 11.7 Å². The summed E-state index contributed by atoms with van der Waals surface area (Å²) in [4.78, 5) is 3.97. The van der Waals surface area contributed by atoms with Crippen LogP contribution in [0.5, 0.6) is 0 Å². The van der Waals surface area contributed by atoms with Gasteiger partial charge in [-0.1, -0.05) is 0 Å². The van der Waals surface area contributed by atoms with Crippen molar-refractivity contribution in [2.24, 2.45) is 10.7 Å².